The summed E-state index contributed by atoms with van der Waals surface area (Å²) < 4.78 is 25.3. The van der Waals surface area contributed by atoms with Gasteiger partial charge in [0.25, 0.3) is 11.7 Å². The van der Waals surface area contributed by atoms with Crippen molar-refractivity contribution in [2.45, 2.75) is 17.6 Å². The number of thioether (sulfide) groups is 1. The van der Waals surface area contributed by atoms with E-state index in [9.17, 15) is 13.6 Å². The number of carbonyl (C=O) groups excluding carboxylic acids is 1. The highest BCUT2D eigenvalue weighted by Gasteiger charge is 2.11. The first kappa shape index (κ1) is 16.0. The zero-order valence-corrected chi connectivity index (χ0v) is 13.5. The van der Waals surface area contributed by atoms with Crippen LogP contribution < -0.4 is 5.32 Å². The molecule has 0 saturated heterocycles. The van der Waals surface area contributed by atoms with E-state index in [0.29, 0.717) is 27.9 Å². The van der Waals surface area contributed by atoms with Crippen LogP contribution in [0.4, 0.5) is 14.5 Å². The number of amides is 1. The first-order valence-electron chi connectivity index (χ1n) is 6.08. The lowest BCUT2D eigenvalue weighted by Crippen LogP contribution is -2.13. The highest BCUT2D eigenvalue weighted by atomic mass is 79.9. The molecule has 110 valence electrons. The van der Waals surface area contributed by atoms with Crippen LogP contribution in [0.25, 0.3) is 0 Å². The van der Waals surface area contributed by atoms with Gasteiger partial charge in [0, 0.05) is 20.6 Å². The molecular formula is C15H12BrF2NOS. The largest absolute Gasteiger partial charge is 0.322 e. The van der Waals surface area contributed by atoms with Crippen molar-refractivity contribution in [2.75, 3.05) is 5.32 Å². The maximum absolute atomic E-state index is 12.2. The fourth-order valence-corrected chi connectivity index (χ4v) is 2.64. The average Bonchev–Trinajstić information content (AvgIpc) is 2.43. The molecule has 0 radical (unpaired) electrons. The Labute approximate surface area is 134 Å². The standard InChI is InChI=1S/C15H12BrF2NOS/c1-9-12(3-2-4-13(9)16)14(20)19-10-5-7-11(8-6-10)21-15(17)18/h2-8,15H,1H3,(H,19,20). The Bertz CT molecular complexity index is 647. The van der Waals surface area contributed by atoms with E-state index in [2.05, 4.69) is 21.2 Å². The molecule has 0 fully saturated rings. The van der Waals surface area contributed by atoms with Crippen molar-refractivity contribution in [3.05, 3.63) is 58.1 Å². The van der Waals surface area contributed by atoms with Gasteiger partial charge in [-0.2, -0.15) is 8.78 Å². The number of nitrogens with one attached hydrogen (secondary N) is 1. The van der Waals surface area contributed by atoms with Gasteiger partial charge in [-0.3, -0.25) is 4.79 Å². The van der Waals surface area contributed by atoms with Crippen LogP contribution in [0.5, 0.6) is 0 Å². The van der Waals surface area contributed by atoms with Crippen molar-refractivity contribution in [1.29, 1.82) is 0 Å². The van der Waals surface area contributed by atoms with Gasteiger partial charge in [0.2, 0.25) is 0 Å². The number of benzene rings is 2. The second-order valence-corrected chi connectivity index (χ2v) is 6.19. The fourth-order valence-electron chi connectivity index (χ4n) is 1.77. The molecule has 2 nitrogen and oxygen atoms in total. The quantitative estimate of drug-likeness (QED) is 0.736. The zero-order chi connectivity index (χ0) is 15.4. The van der Waals surface area contributed by atoms with Gasteiger partial charge in [-0.05, 0) is 48.9 Å². The van der Waals surface area contributed by atoms with Gasteiger partial charge in [-0.1, -0.05) is 33.8 Å². The molecule has 0 atom stereocenters. The first-order valence-corrected chi connectivity index (χ1v) is 7.76. The summed E-state index contributed by atoms with van der Waals surface area (Å²) in [5.41, 5.74) is 1.98. The smallest absolute Gasteiger partial charge is 0.288 e. The van der Waals surface area contributed by atoms with E-state index in [1.54, 1.807) is 36.4 Å². The third-order valence-electron chi connectivity index (χ3n) is 2.85. The molecule has 0 aromatic heterocycles. The zero-order valence-electron chi connectivity index (χ0n) is 11.1. The Morgan fingerprint density at radius 1 is 1.19 bits per heavy atom. The van der Waals surface area contributed by atoms with E-state index < -0.39 is 5.76 Å². The predicted octanol–water partition coefficient (Wildman–Crippen LogP) is 5.32. The maximum Gasteiger partial charge on any atom is 0.288 e. The topological polar surface area (TPSA) is 29.1 Å². The van der Waals surface area contributed by atoms with Crippen molar-refractivity contribution < 1.29 is 13.6 Å². The van der Waals surface area contributed by atoms with Gasteiger partial charge >= 0.3 is 0 Å². The van der Waals surface area contributed by atoms with E-state index in [4.69, 9.17) is 0 Å². The molecule has 1 amide bonds. The summed E-state index contributed by atoms with van der Waals surface area (Å²) in [7, 11) is 0. The summed E-state index contributed by atoms with van der Waals surface area (Å²) in [4.78, 5) is 12.7. The van der Waals surface area contributed by atoms with Crippen molar-refractivity contribution in [3.8, 4) is 0 Å². The molecule has 21 heavy (non-hydrogen) atoms. The summed E-state index contributed by atoms with van der Waals surface area (Å²) in [6.07, 6.45) is 0. The van der Waals surface area contributed by atoms with Crippen molar-refractivity contribution in [2.24, 2.45) is 0 Å². The predicted molar refractivity (Wildman–Crippen MR) is 85.1 cm³/mol. The third kappa shape index (κ3) is 4.28. The maximum atomic E-state index is 12.2. The van der Waals surface area contributed by atoms with Crippen LogP contribution in [0.2, 0.25) is 0 Å². The monoisotopic (exact) mass is 371 g/mol. The molecule has 0 heterocycles. The summed E-state index contributed by atoms with van der Waals surface area (Å²) in [6.45, 7) is 1.85. The molecule has 2 aromatic carbocycles. The lowest BCUT2D eigenvalue weighted by Gasteiger charge is -2.09. The molecular weight excluding hydrogens is 360 g/mol. The SMILES string of the molecule is Cc1c(Br)cccc1C(=O)Nc1ccc(SC(F)F)cc1. The van der Waals surface area contributed by atoms with Crippen molar-refractivity contribution in [3.63, 3.8) is 0 Å². The van der Waals surface area contributed by atoms with E-state index >= 15 is 0 Å². The van der Waals surface area contributed by atoms with E-state index in [-0.39, 0.29) is 5.91 Å². The molecule has 2 rings (SSSR count). The summed E-state index contributed by atoms with van der Waals surface area (Å²) in [6, 6.07) is 11.7. The number of carbonyl (C=O) groups is 1. The number of rotatable bonds is 4. The van der Waals surface area contributed by atoms with Crippen molar-refractivity contribution >= 4 is 39.3 Å². The van der Waals surface area contributed by atoms with Crippen LogP contribution in [0, 0.1) is 6.92 Å². The van der Waals surface area contributed by atoms with Gasteiger partial charge in [0.15, 0.2) is 0 Å². The van der Waals surface area contributed by atoms with Gasteiger partial charge in [0.05, 0.1) is 0 Å². The van der Waals surface area contributed by atoms with E-state index in [1.807, 2.05) is 13.0 Å². The van der Waals surface area contributed by atoms with Crippen LogP contribution in [-0.4, -0.2) is 11.7 Å². The Hall–Kier alpha value is -1.40. The lowest BCUT2D eigenvalue weighted by atomic mass is 10.1. The van der Waals surface area contributed by atoms with E-state index in [1.165, 1.54) is 0 Å². The average molecular weight is 372 g/mol. The van der Waals surface area contributed by atoms with Gasteiger partial charge in [-0.15, -0.1) is 0 Å². The summed E-state index contributed by atoms with van der Waals surface area (Å²) in [5.74, 6) is -2.68. The highest BCUT2D eigenvalue weighted by Crippen LogP contribution is 2.26. The second-order valence-electron chi connectivity index (χ2n) is 4.27. The Morgan fingerprint density at radius 2 is 1.86 bits per heavy atom. The Kier molecular flexibility index (Phi) is 5.36. The van der Waals surface area contributed by atoms with Crippen LogP contribution in [0.1, 0.15) is 15.9 Å². The number of hydrogen-bond donors (Lipinski definition) is 1. The minimum atomic E-state index is -2.45. The minimum Gasteiger partial charge on any atom is -0.322 e. The molecule has 0 bridgehead atoms. The lowest BCUT2D eigenvalue weighted by molar-refractivity contribution is 0.102. The first-order chi connectivity index (χ1) is 9.97. The van der Waals surface area contributed by atoms with Gasteiger partial charge < -0.3 is 5.32 Å². The normalized spacial score (nSPS) is 10.7. The van der Waals surface area contributed by atoms with Crippen LogP contribution in [-0.2, 0) is 0 Å². The number of alkyl halides is 2. The van der Waals surface area contributed by atoms with Crippen LogP contribution in [0.15, 0.2) is 51.8 Å². The molecule has 1 N–H and O–H groups in total. The molecule has 2 aromatic rings. The van der Waals surface area contributed by atoms with Crippen LogP contribution in [0.3, 0.4) is 0 Å². The Balaban J connectivity index is 2.11. The molecule has 0 aliphatic heterocycles. The highest BCUT2D eigenvalue weighted by molar-refractivity contribution is 9.10. The number of hydrogen-bond acceptors (Lipinski definition) is 2. The summed E-state index contributed by atoms with van der Waals surface area (Å²) >= 11 is 3.85. The molecule has 6 heteroatoms. The minimum absolute atomic E-state index is 0.233. The van der Waals surface area contributed by atoms with Crippen LogP contribution >= 0.6 is 27.7 Å². The third-order valence-corrected chi connectivity index (χ3v) is 4.43. The summed E-state index contributed by atoms with van der Waals surface area (Å²) in [5, 5.41) is 2.75. The Morgan fingerprint density at radius 3 is 2.48 bits per heavy atom. The van der Waals surface area contributed by atoms with Gasteiger partial charge in [-0.25, -0.2) is 0 Å². The number of anilines is 1. The number of halogens is 3. The molecule has 0 spiro atoms. The van der Waals surface area contributed by atoms with Gasteiger partial charge in [0.1, 0.15) is 0 Å². The van der Waals surface area contributed by atoms with E-state index in [0.717, 1.165) is 10.0 Å². The molecule has 0 aliphatic carbocycles. The van der Waals surface area contributed by atoms with Crippen molar-refractivity contribution in [1.82, 2.24) is 0 Å². The fraction of sp³-hybridized carbons (Fsp3) is 0.133. The second kappa shape index (κ2) is 7.04. The molecule has 0 aliphatic rings. The molecule has 0 saturated carbocycles. The molecule has 0 unspecified atom stereocenters.